The van der Waals surface area contributed by atoms with Gasteiger partial charge in [-0.25, -0.2) is 0 Å². The van der Waals surface area contributed by atoms with E-state index in [4.69, 9.17) is 15.5 Å². The molecule has 1 rings (SSSR count). The largest absolute Gasteiger partial charge is 0.409 e. The van der Waals surface area contributed by atoms with Crippen LogP contribution in [0.25, 0.3) is 0 Å². The van der Waals surface area contributed by atoms with Crippen LogP contribution in [0.1, 0.15) is 44.8 Å². The zero-order valence-corrected chi connectivity index (χ0v) is 11.8. The number of hydrogen-bond donors (Lipinski definition) is 3. The van der Waals surface area contributed by atoms with Gasteiger partial charge in [0.25, 0.3) is 0 Å². The van der Waals surface area contributed by atoms with E-state index in [0.29, 0.717) is 18.3 Å². The molecule has 0 aliphatic rings. The summed E-state index contributed by atoms with van der Waals surface area (Å²) in [6.45, 7) is 7.20. The average Bonchev–Trinajstić information content (AvgIpc) is 2.78. The SMILES string of the molecule is Cc1nc(CNCCCCC(C)(C)C(N)=NO)no1. The summed E-state index contributed by atoms with van der Waals surface area (Å²) in [5.74, 6) is 1.54. The quantitative estimate of drug-likeness (QED) is 0.216. The number of nitrogens with one attached hydrogen (secondary N) is 1. The molecular weight excluding hydrogens is 246 g/mol. The highest BCUT2D eigenvalue weighted by molar-refractivity contribution is 5.85. The standard InChI is InChI=1S/C12H23N5O2/c1-9-15-10(17-19-9)8-14-7-5-4-6-12(2,3)11(13)16-18/h14,18H,4-8H2,1-3H3,(H2,13,16). The van der Waals surface area contributed by atoms with Gasteiger partial charge in [0.15, 0.2) is 5.82 Å². The summed E-state index contributed by atoms with van der Waals surface area (Å²) in [7, 11) is 0. The van der Waals surface area contributed by atoms with Crippen LogP contribution in [-0.2, 0) is 6.54 Å². The van der Waals surface area contributed by atoms with Crippen molar-refractivity contribution in [2.75, 3.05) is 6.54 Å². The second-order valence-corrected chi connectivity index (χ2v) is 5.23. The lowest BCUT2D eigenvalue weighted by molar-refractivity contribution is 0.304. The van der Waals surface area contributed by atoms with Gasteiger partial charge in [-0.15, -0.1) is 0 Å². The molecule has 0 aliphatic carbocycles. The third-order valence-electron chi connectivity index (χ3n) is 3.06. The number of aromatic nitrogens is 2. The second kappa shape index (κ2) is 7.08. The summed E-state index contributed by atoms with van der Waals surface area (Å²) < 4.78 is 4.87. The number of unbranched alkanes of at least 4 members (excludes halogenated alkanes) is 1. The van der Waals surface area contributed by atoms with Gasteiger partial charge in [-0.2, -0.15) is 4.98 Å². The topological polar surface area (TPSA) is 110 Å². The molecule has 0 bridgehead atoms. The van der Waals surface area contributed by atoms with E-state index < -0.39 is 0 Å². The van der Waals surface area contributed by atoms with Gasteiger partial charge in [-0.3, -0.25) is 0 Å². The fraction of sp³-hybridized carbons (Fsp3) is 0.750. The van der Waals surface area contributed by atoms with Crippen molar-refractivity contribution >= 4 is 5.84 Å². The lowest BCUT2D eigenvalue weighted by Gasteiger charge is -2.22. The van der Waals surface area contributed by atoms with E-state index in [0.717, 1.165) is 25.8 Å². The molecule has 0 atom stereocenters. The minimum absolute atomic E-state index is 0.264. The summed E-state index contributed by atoms with van der Waals surface area (Å²) in [6.07, 6.45) is 2.90. The van der Waals surface area contributed by atoms with Crippen molar-refractivity contribution in [3.05, 3.63) is 11.7 Å². The third kappa shape index (κ3) is 5.25. The maximum absolute atomic E-state index is 8.67. The number of aryl methyl sites for hydroxylation is 1. The summed E-state index contributed by atoms with van der Waals surface area (Å²) in [6, 6.07) is 0. The molecule has 108 valence electrons. The first-order chi connectivity index (χ1) is 8.95. The Morgan fingerprint density at radius 3 is 2.79 bits per heavy atom. The van der Waals surface area contributed by atoms with Gasteiger partial charge < -0.3 is 20.8 Å². The Kier molecular flexibility index (Phi) is 5.75. The highest BCUT2D eigenvalue weighted by atomic mass is 16.5. The molecule has 1 aromatic rings. The van der Waals surface area contributed by atoms with E-state index in [-0.39, 0.29) is 11.3 Å². The van der Waals surface area contributed by atoms with Crippen LogP contribution < -0.4 is 11.1 Å². The van der Waals surface area contributed by atoms with E-state index >= 15 is 0 Å². The molecule has 0 fully saturated rings. The van der Waals surface area contributed by atoms with Crippen LogP contribution in [0.15, 0.2) is 9.68 Å². The van der Waals surface area contributed by atoms with E-state index in [9.17, 15) is 0 Å². The molecule has 4 N–H and O–H groups in total. The monoisotopic (exact) mass is 269 g/mol. The first kappa shape index (κ1) is 15.4. The normalized spacial score (nSPS) is 12.9. The Labute approximate surface area is 113 Å². The number of amidine groups is 1. The summed E-state index contributed by atoms with van der Waals surface area (Å²) >= 11 is 0. The van der Waals surface area contributed by atoms with Gasteiger partial charge in [0.05, 0.1) is 6.54 Å². The Bertz CT molecular complexity index is 414. The second-order valence-electron chi connectivity index (χ2n) is 5.23. The molecule has 0 unspecified atom stereocenters. The number of oxime groups is 1. The Morgan fingerprint density at radius 1 is 1.47 bits per heavy atom. The summed E-state index contributed by atoms with van der Waals surface area (Å²) in [5.41, 5.74) is 5.36. The van der Waals surface area contributed by atoms with E-state index in [1.165, 1.54) is 0 Å². The summed E-state index contributed by atoms with van der Waals surface area (Å²) in [5, 5.41) is 18.8. The fourth-order valence-electron chi connectivity index (χ4n) is 1.69. The molecule has 7 nitrogen and oxygen atoms in total. The molecule has 0 saturated heterocycles. The molecule has 1 aromatic heterocycles. The van der Waals surface area contributed by atoms with Gasteiger partial charge in [0.2, 0.25) is 5.89 Å². The molecule has 0 radical (unpaired) electrons. The molecule has 0 spiro atoms. The Morgan fingerprint density at radius 2 is 2.21 bits per heavy atom. The van der Waals surface area contributed by atoms with Gasteiger partial charge in [0, 0.05) is 12.3 Å². The number of nitrogens with zero attached hydrogens (tertiary/aromatic N) is 3. The smallest absolute Gasteiger partial charge is 0.223 e. The van der Waals surface area contributed by atoms with Crippen molar-refractivity contribution in [2.45, 2.75) is 46.6 Å². The highest BCUT2D eigenvalue weighted by Crippen LogP contribution is 2.23. The Hall–Kier alpha value is -1.63. The van der Waals surface area contributed by atoms with Crippen molar-refractivity contribution in [2.24, 2.45) is 16.3 Å². The van der Waals surface area contributed by atoms with Crippen LogP contribution >= 0.6 is 0 Å². The van der Waals surface area contributed by atoms with E-state index in [1.54, 1.807) is 6.92 Å². The van der Waals surface area contributed by atoms with E-state index in [1.807, 2.05) is 13.8 Å². The van der Waals surface area contributed by atoms with E-state index in [2.05, 4.69) is 20.6 Å². The third-order valence-corrected chi connectivity index (χ3v) is 3.06. The van der Waals surface area contributed by atoms with Crippen molar-refractivity contribution in [3.63, 3.8) is 0 Å². The first-order valence-electron chi connectivity index (χ1n) is 6.43. The molecule has 0 amide bonds. The van der Waals surface area contributed by atoms with Crippen LogP contribution in [0.5, 0.6) is 0 Å². The number of nitrogens with two attached hydrogens (primary N) is 1. The van der Waals surface area contributed by atoms with Crippen LogP contribution in [0.3, 0.4) is 0 Å². The minimum atomic E-state index is -0.264. The first-order valence-corrected chi connectivity index (χ1v) is 6.43. The molecule has 7 heteroatoms. The predicted octanol–water partition coefficient (Wildman–Crippen LogP) is 1.41. The maximum atomic E-state index is 8.67. The van der Waals surface area contributed by atoms with Crippen molar-refractivity contribution < 1.29 is 9.73 Å². The average molecular weight is 269 g/mol. The maximum Gasteiger partial charge on any atom is 0.223 e. The predicted molar refractivity (Wildman–Crippen MR) is 71.8 cm³/mol. The van der Waals surface area contributed by atoms with Gasteiger partial charge in [-0.05, 0) is 19.4 Å². The lowest BCUT2D eigenvalue weighted by Crippen LogP contribution is -2.32. The Balaban J connectivity index is 2.11. The highest BCUT2D eigenvalue weighted by Gasteiger charge is 2.22. The lowest BCUT2D eigenvalue weighted by atomic mass is 9.86. The molecular formula is C12H23N5O2. The van der Waals surface area contributed by atoms with Crippen LogP contribution in [0.4, 0.5) is 0 Å². The summed E-state index contributed by atoms with van der Waals surface area (Å²) in [4.78, 5) is 4.10. The van der Waals surface area contributed by atoms with Crippen LogP contribution in [0, 0.1) is 12.3 Å². The fourth-order valence-corrected chi connectivity index (χ4v) is 1.69. The zero-order valence-electron chi connectivity index (χ0n) is 11.8. The van der Waals surface area contributed by atoms with Crippen LogP contribution in [0.2, 0.25) is 0 Å². The number of hydrogen-bond acceptors (Lipinski definition) is 6. The van der Waals surface area contributed by atoms with Crippen molar-refractivity contribution in [1.29, 1.82) is 0 Å². The zero-order chi connectivity index (χ0) is 14.3. The molecule has 19 heavy (non-hydrogen) atoms. The van der Waals surface area contributed by atoms with Crippen LogP contribution in [-0.4, -0.2) is 27.7 Å². The van der Waals surface area contributed by atoms with Crippen molar-refractivity contribution in [1.82, 2.24) is 15.5 Å². The minimum Gasteiger partial charge on any atom is -0.409 e. The molecule has 0 saturated carbocycles. The van der Waals surface area contributed by atoms with Gasteiger partial charge in [-0.1, -0.05) is 30.6 Å². The molecule has 0 aromatic carbocycles. The molecule has 0 aliphatic heterocycles. The number of rotatable bonds is 8. The molecule has 1 heterocycles. The van der Waals surface area contributed by atoms with Gasteiger partial charge >= 0.3 is 0 Å². The van der Waals surface area contributed by atoms with Gasteiger partial charge in [0.1, 0.15) is 5.84 Å². The van der Waals surface area contributed by atoms with Crippen molar-refractivity contribution in [3.8, 4) is 0 Å².